The van der Waals surface area contributed by atoms with Gasteiger partial charge in [0.1, 0.15) is 11.3 Å². The van der Waals surface area contributed by atoms with E-state index in [4.69, 9.17) is 4.42 Å². The molecule has 5 nitrogen and oxygen atoms in total. The Bertz CT molecular complexity index is 1120. The average molecular weight is 312 g/mol. The second-order valence-electron chi connectivity index (χ2n) is 5.08. The molecule has 1 aromatic carbocycles. The number of nitrogens with zero attached hydrogens (tertiary/aromatic N) is 2. The molecule has 110 valence electrons. The van der Waals surface area contributed by atoms with Crippen molar-refractivity contribution in [2.45, 2.75) is 20.4 Å². The molecule has 0 bridgehead atoms. The van der Waals surface area contributed by atoms with Crippen LogP contribution >= 0.6 is 11.3 Å². The molecule has 0 atom stereocenters. The zero-order valence-electron chi connectivity index (χ0n) is 12.0. The Labute approximate surface area is 128 Å². The monoisotopic (exact) mass is 312 g/mol. The van der Waals surface area contributed by atoms with Gasteiger partial charge in [0.15, 0.2) is 0 Å². The van der Waals surface area contributed by atoms with Gasteiger partial charge in [-0.05, 0) is 19.9 Å². The lowest BCUT2D eigenvalue weighted by Gasteiger charge is -2.09. The van der Waals surface area contributed by atoms with E-state index in [-0.39, 0.29) is 18.0 Å². The van der Waals surface area contributed by atoms with Crippen molar-refractivity contribution in [3.05, 3.63) is 50.9 Å². The average Bonchev–Trinajstić information content (AvgIpc) is 2.87. The van der Waals surface area contributed by atoms with Gasteiger partial charge >= 0.3 is 5.69 Å². The lowest BCUT2D eigenvalue weighted by molar-refractivity contribution is 0.511. The fraction of sp³-hybridized carbons (Fsp3) is 0.188. The number of hydrogen-bond acceptors (Lipinski definition) is 5. The fourth-order valence-corrected chi connectivity index (χ4v) is 3.96. The van der Waals surface area contributed by atoms with E-state index in [1.54, 1.807) is 18.3 Å². The Morgan fingerprint density at radius 2 is 2.05 bits per heavy atom. The molecule has 3 heterocycles. The van der Waals surface area contributed by atoms with Crippen molar-refractivity contribution in [2.24, 2.45) is 0 Å². The smallest absolute Gasteiger partial charge is 0.353 e. The summed E-state index contributed by atoms with van der Waals surface area (Å²) in [6, 6.07) is 7.89. The second-order valence-corrected chi connectivity index (χ2v) is 6.14. The van der Waals surface area contributed by atoms with Gasteiger partial charge in [0.05, 0.1) is 4.70 Å². The summed E-state index contributed by atoms with van der Waals surface area (Å²) in [4.78, 5) is 28.6. The third-order valence-corrected chi connectivity index (χ3v) is 5.10. The highest BCUT2D eigenvalue weighted by Gasteiger charge is 2.23. The first kappa shape index (κ1) is 13.2. The van der Waals surface area contributed by atoms with Gasteiger partial charge in [-0.25, -0.2) is 4.79 Å². The van der Waals surface area contributed by atoms with Crippen LogP contribution in [-0.4, -0.2) is 9.55 Å². The Morgan fingerprint density at radius 1 is 1.27 bits per heavy atom. The van der Waals surface area contributed by atoms with Gasteiger partial charge in [-0.1, -0.05) is 18.2 Å². The summed E-state index contributed by atoms with van der Waals surface area (Å²) in [5.41, 5.74) is -0.517. The molecule has 0 saturated carbocycles. The lowest BCUT2D eigenvalue weighted by Crippen LogP contribution is -2.36. The van der Waals surface area contributed by atoms with Gasteiger partial charge in [-0.3, -0.25) is 9.36 Å². The molecule has 0 saturated heterocycles. The highest BCUT2D eigenvalue weighted by Crippen LogP contribution is 2.40. The van der Waals surface area contributed by atoms with Crippen molar-refractivity contribution in [2.75, 3.05) is 0 Å². The minimum atomic E-state index is -0.568. The van der Waals surface area contributed by atoms with E-state index in [9.17, 15) is 9.59 Å². The van der Waals surface area contributed by atoms with Gasteiger partial charge in [0.25, 0.3) is 5.56 Å². The van der Waals surface area contributed by atoms with Crippen LogP contribution in [-0.2, 0) is 6.54 Å². The van der Waals surface area contributed by atoms with Crippen molar-refractivity contribution in [1.82, 2.24) is 9.55 Å². The molecular weight excluding hydrogens is 300 g/mol. The third kappa shape index (κ3) is 1.61. The quantitative estimate of drug-likeness (QED) is 0.542. The fourth-order valence-electron chi connectivity index (χ4n) is 2.82. The predicted octanol–water partition coefficient (Wildman–Crippen LogP) is 3.00. The van der Waals surface area contributed by atoms with E-state index in [2.05, 4.69) is 4.98 Å². The summed E-state index contributed by atoms with van der Waals surface area (Å²) in [6.07, 6.45) is 0. The van der Waals surface area contributed by atoms with E-state index in [0.717, 1.165) is 24.7 Å². The summed E-state index contributed by atoms with van der Waals surface area (Å²) in [6.45, 7) is 3.87. The first-order chi connectivity index (χ1) is 10.6. The first-order valence-electron chi connectivity index (χ1n) is 6.97. The normalized spacial score (nSPS) is 11.7. The SMILES string of the molecule is CCn1c(=O)nc2oc(C)c3sc4ccccc4c3c-2c1=O. The maximum atomic E-state index is 12.7. The van der Waals surface area contributed by atoms with Gasteiger partial charge < -0.3 is 4.42 Å². The Balaban J connectivity index is 2.38. The van der Waals surface area contributed by atoms with Crippen LogP contribution in [0.3, 0.4) is 0 Å². The molecule has 0 radical (unpaired) electrons. The number of rotatable bonds is 1. The van der Waals surface area contributed by atoms with Gasteiger partial charge in [0, 0.05) is 22.0 Å². The number of benzene rings is 1. The van der Waals surface area contributed by atoms with Crippen LogP contribution in [0.4, 0.5) is 0 Å². The summed E-state index contributed by atoms with van der Waals surface area (Å²) in [5, 5.41) is 1.82. The van der Waals surface area contributed by atoms with Crippen LogP contribution in [0.15, 0.2) is 38.3 Å². The van der Waals surface area contributed by atoms with Crippen LogP contribution in [0.2, 0.25) is 0 Å². The Hall–Kier alpha value is -2.47. The number of hydrogen-bond donors (Lipinski definition) is 0. The largest absolute Gasteiger partial charge is 0.441 e. The van der Waals surface area contributed by atoms with Crippen molar-refractivity contribution < 1.29 is 4.42 Å². The number of aryl methyl sites for hydroxylation is 1. The molecule has 0 unspecified atom stereocenters. The minimum Gasteiger partial charge on any atom is -0.441 e. The van der Waals surface area contributed by atoms with Crippen LogP contribution in [0.25, 0.3) is 31.6 Å². The van der Waals surface area contributed by atoms with Crippen molar-refractivity contribution in [3.63, 3.8) is 0 Å². The maximum Gasteiger partial charge on any atom is 0.353 e. The molecule has 0 amide bonds. The summed E-state index contributed by atoms with van der Waals surface area (Å²) < 4.78 is 8.79. The molecule has 0 spiro atoms. The van der Waals surface area contributed by atoms with Crippen LogP contribution in [0, 0.1) is 6.92 Å². The molecule has 22 heavy (non-hydrogen) atoms. The summed E-state index contributed by atoms with van der Waals surface area (Å²) in [5.74, 6) is 0.789. The van der Waals surface area contributed by atoms with Gasteiger partial charge in [-0.15, -0.1) is 11.3 Å². The Kier molecular flexibility index (Phi) is 2.71. The van der Waals surface area contributed by atoms with E-state index in [0.29, 0.717) is 11.3 Å². The molecule has 0 fully saturated rings. The molecule has 6 heteroatoms. The molecular formula is C16H12N2O3S. The van der Waals surface area contributed by atoms with Crippen LogP contribution < -0.4 is 11.2 Å². The maximum absolute atomic E-state index is 12.7. The number of fused-ring (bicyclic) bond motifs is 5. The number of thiophene rings is 1. The third-order valence-electron chi connectivity index (χ3n) is 3.83. The molecule has 0 N–H and O–H groups in total. The van der Waals surface area contributed by atoms with Crippen molar-refractivity contribution in [1.29, 1.82) is 0 Å². The van der Waals surface area contributed by atoms with Gasteiger partial charge in [-0.2, -0.15) is 4.98 Å². The number of aromatic nitrogens is 2. The Morgan fingerprint density at radius 3 is 2.82 bits per heavy atom. The van der Waals surface area contributed by atoms with E-state index in [1.165, 1.54) is 0 Å². The van der Waals surface area contributed by atoms with Crippen molar-refractivity contribution >= 4 is 31.5 Å². The zero-order chi connectivity index (χ0) is 15.4. The molecule has 1 aromatic heterocycles. The van der Waals surface area contributed by atoms with Crippen LogP contribution in [0.5, 0.6) is 0 Å². The topological polar surface area (TPSA) is 65.1 Å². The zero-order valence-corrected chi connectivity index (χ0v) is 12.9. The van der Waals surface area contributed by atoms with E-state index in [1.807, 2.05) is 31.2 Å². The molecule has 2 aliphatic heterocycles. The molecule has 2 aliphatic rings. The molecule has 0 aliphatic carbocycles. The van der Waals surface area contributed by atoms with E-state index < -0.39 is 5.69 Å². The first-order valence-corrected chi connectivity index (χ1v) is 7.79. The summed E-state index contributed by atoms with van der Waals surface area (Å²) in [7, 11) is 0. The second kappa shape index (κ2) is 4.51. The van der Waals surface area contributed by atoms with E-state index >= 15 is 0 Å². The predicted molar refractivity (Wildman–Crippen MR) is 87.0 cm³/mol. The molecule has 4 rings (SSSR count). The van der Waals surface area contributed by atoms with Crippen molar-refractivity contribution in [3.8, 4) is 11.5 Å². The highest BCUT2D eigenvalue weighted by molar-refractivity contribution is 7.26. The molecule has 2 aromatic rings. The van der Waals surface area contributed by atoms with Gasteiger partial charge in [0.2, 0.25) is 5.89 Å². The van der Waals surface area contributed by atoms with Crippen LogP contribution in [0.1, 0.15) is 12.7 Å². The lowest BCUT2D eigenvalue weighted by atomic mass is 10.1. The minimum absolute atomic E-state index is 0.119. The summed E-state index contributed by atoms with van der Waals surface area (Å²) >= 11 is 1.58. The highest BCUT2D eigenvalue weighted by atomic mass is 32.1. The standard InChI is InChI=1S/C16H12N2O3S/c1-3-18-15(19)12-11-9-6-4-5-7-10(9)22-13(11)8(2)21-14(12)17-16(18)20/h4-7H,3H2,1-2H3.